The lowest BCUT2D eigenvalue weighted by atomic mass is 10.2. The third-order valence-electron chi connectivity index (χ3n) is 3.77. The Labute approximate surface area is 107 Å². The van der Waals surface area contributed by atoms with Crippen LogP contribution in [0, 0.1) is 0 Å². The molecule has 1 atom stereocenters. The molecule has 0 radical (unpaired) electrons. The molecule has 2 aliphatic heterocycles. The molecule has 3 nitrogen and oxygen atoms in total. The van der Waals surface area contributed by atoms with Gasteiger partial charge in [0.2, 0.25) is 0 Å². The fraction of sp³-hybridized carbons (Fsp3) is 0.692. The smallest absolute Gasteiger partial charge is 0.0594 e. The van der Waals surface area contributed by atoms with E-state index in [2.05, 4.69) is 27.3 Å². The van der Waals surface area contributed by atoms with E-state index in [-0.39, 0.29) is 0 Å². The zero-order valence-corrected chi connectivity index (χ0v) is 11.0. The lowest BCUT2D eigenvalue weighted by Gasteiger charge is -2.32. The van der Waals surface area contributed by atoms with Gasteiger partial charge in [0.05, 0.1) is 13.2 Å². The van der Waals surface area contributed by atoms with Crippen molar-refractivity contribution in [3.8, 4) is 0 Å². The van der Waals surface area contributed by atoms with Crippen LogP contribution in [0.5, 0.6) is 0 Å². The van der Waals surface area contributed by atoms with Crippen LogP contribution >= 0.6 is 11.3 Å². The van der Waals surface area contributed by atoms with Gasteiger partial charge in [-0.15, -0.1) is 11.3 Å². The van der Waals surface area contributed by atoms with Crippen molar-refractivity contribution < 1.29 is 4.74 Å². The van der Waals surface area contributed by atoms with E-state index >= 15 is 0 Å². The summed E-state index contributed by atoms with van der Waals surface area (Å²) in [7, 11) is 0. The fourth-order valence-electron chi connectivity index (χ4n) is 2.82. The van der Waals surface area contributed by atoms with Gasteiger partial charge in [-0.1, -0.05) is 6.07 Å². The highest BCUT2D eigenvalue weighted by Gasteiger charge is 2.28. The van der Waals surface area contributed by atoms with Gasteiger partial charge in [0.25, 0.3) is 0 Å². The van der Waals surface area contributed by atoms with Crippen molar-refractivity contribution in [1.82, 2.24) is 9.80 Å². The maximum absolute atomic E-state index is 5.42. The molecule has 2 aliphatic rings. The number of hydrogen-bond donors (Lipinski definition) is 0. The molecule has 2 saturated heterocycles. The van der Waals surface area contributed by atoms with Crippen molar-refractivity contribution in [1.29, 1.82) is 0 Å². The van der Waals surface area contributed by atoms with E-state index in [0.29, 0.717) is 0 Å². The molecule has 94 valence electrons. The van der Waals surface area contributed by atoms with Gasteiger partial charge in [-0.2, -0.15) is 0 Å². The summed E-state index contributed by atoms with van der Waals surface area (Å²) in [5.41, 5.74) is 0. The summed E-state index contributed by atoms with van der Waals surface area (Å²) < 4.78 is 5.42. The predicted molar refractivity (Wildman–Crippen MR) is 70.4 cm³/mol. The van der Waals surface area contributed by atoms with Gasteiger partial charge in [0.1, 0.15) is 0 Å². The number of ether oxygens (including phenoxy) is 1. The SMILES string of the molecule is c1csc(CN2CC[C@@H](N3CCOCC3)C2)c1. The van der Waals surface area contributed by atoms with Crippen LogP contribution in [0.4, 0.5) is 0 Å². The number of rotatable bonds is 3. The first-order valence-corrected chi connectivity index (χ1v) is 7.36. The van der Waals surface area contributed by atoms with E-state index in [1.54, 1.807) is 0 Å². The number of thiophene rings is 1. The summed E-state index contributed by atoms with van der Waals surface area (Å²) in [4.78, 5) is 6.69. The molecule has 0 amide bonds. The Balaban J connectivity index is 1.51. The topological polar surface area (TPSA) is 15.7 Å². The Hall–Kier alpha value is -0.420. The van der Waals surface area contributed by atoms with Gasteiger partial charge in [-0.25, -0.2) is 0 Å². The summed E-state index contributed by atoms with van der Waals surface area (Å²) in [6, 6.07) is 5.15. The van der Waals surface area contributed by atoms with E-state index in [1.807, 2.05) is 11.3 Å². The van der Waals surface area contributed by atoms with Gasteiger partial charge in [0, 0.05) is 43.6 Å². The number of hydrogen-bond acceptors (Lipinski definition) is 4. The van der Waals surface area contributed by atoms with Crippen LogP contribution in [-0.2, 0) is 11.3 Å². The Morgan fingerprint density at radius 3 is 2.94 bits per heavy atom. The molecule has 0 unspecified atom stereocenters. The molecular weight excluding hydrogens is 232 g/mol. The Bertz CT molecular complexity index is 335. The number of nitrogens with zero attached hydrogens (tertiary/aromatic N) is 2. The molecule has 0 N–H and O–H groups in total. The van der Waals surface area contributed by atoms with Crippen molar-refractivity contribution in [2.45, 2.75) is 19.0 Å². The van der Waals surface area contributed by atoms with Gasteiger partial charge in [0.15, 0.2) is 0 Å². The minimum atomic E-state index is 0.763. The largest absolute Gasteiger partial charge is 0.379 e. The summed E-state index contributed by atoms with van der Waals surface area (Å²) >= 11 is 1.87. The summed E-state index contributed by atoms with van der Waals surface area (Å²) in [6.45, 7) is 7.70. The molecule has 0 aliphatic carbocycles. The quantitative estimate of drug-likeness (QED) is 0.813. The van der Waals surface area contributed by atoms with Crippen LogP contribution in [-0.4, -0.2) is 55.2 Å². The lowest BCUT2D eigenvalue weighted by Crippen LogP contribution is -2.44. The highest BCUT2D eigenvalue weighted by Crippen LogP contribution is 2.20. The van der Waals surface area contributed by atoms with Crippen molar-refractivity contribution in [2.24, 2.45) is 0 Å². The molecule has 17 heavy (non-hydrogen) atoms. The minimum absolute atomic E-state index is 0.763. The average Bonchev–Trinajstić information content (AvgIpc) is 3.02. The zero-order valence-electron chi connectivity index (χ0n) is 10.2. The highest BCUT2D eigenvalue weighted by molar-refractivity contribution is 7.09. The Morgan fingerprint density at radius 2 is 2.18 bits per heavy atom. The van der Waals surface area contributed by atoms with Crippen LogP contribution in [0.1, 0.15) is 11.3 Å². The predicted octanol–water partition coefficient (Wildman–Crippen LogP) is 1.65. The second-order valence-electron chi connectivity index (χ2n) is 4.91. The van der Waals surface area contributed by atoms with Crippen LogP contribution in [0.2, 0.25) is 0 Å². The normalized spacial score (nSPS) is 27.6. The summed E-state index contributed by atoms with van der Waals surface area (Å²) in [5.74, 6) is 0. The van der Waals surface area contributed by atoms with Gasteiger partial charge >= 0.3 is 0 Å². The van der Waals surface area contributed by atoms with Gasteiger partial charge in [-0.05, 0) is 17.9 Å². The zero-order chi connectivity index (χ0) is 11.5. The highest BCUT2D eigenvalue weighted by atomic mass is 32.1. The molecule has 2 fully saturated rings. The van der Waals surface area contributed by atoms with E-state index in [0.717, 1.165) is 38.9 Å². The van der Waals surface area contributed by atoms with Crippen molar-refractivity contribution in [3.05, 3.63) is 22.4 Å². The average molecular weight is 252 g/mol. The molecule has 0 bridgehead atoms. The monoisotopic (exact) mass is 252 g/mol. The first-order valence-electron chi connectivity index (χ1n) is 6.48. The third kappa shape index (κ3) is 2.88. The first-order chi connectivity index (χ1) is 8.42. The van der Waals surface area contributed by atoms with Crippen LogP contribution < -0.4 is 0 Å². The van der Waals surface area contributed by atoms with Gasteiger partial charge < -0.3 is 4.74 Å². The summed E-state index contributed by atoms with van der Waals surface area (Å²) in [6.07, 6.45) is 1.32. The second-order valence-corrected chi connectivity index (χ2v) is 5.94. The maximum Gasteiger partial charge on any atom is 0.0594 e. The van der Waals surface area contributed by atoms with Crippen LogP contribution in [0.15, 0.2) is 17.5 Å². The third-order valence-corrected chi connectivity index (χ3v) is 4.63. The lowest BCUT2D eigenvalue weighted by molar-refractivity contribution is 0.0184. The van der Waals surface area contributed by atoms with E-state index in [1.165, 1.54) is 24.4 Å². The van der Waals surface area contributed by atoms with Crippen molar-refractivity contribution >= 4 is 11.3 Å². The standard InChI is InChI=1S/C13H20N2OS/c1-2-13(17-9-1)11-14-4-3-12(10-14)15-5-7-16-8-6-15/h1-2,9,12H,3-8,10-11H2/t12-/m1/s1. The molecule has 0 spiro atoms. The van der Waals surface area contributed by atoms with E-state index < -0.39 is 0 Å². The van der Waals surface area contributed by atoms with E-state index in [4.69, 9.17) is 4.74 Å². The molecule has 0 saturated carbocycles. The molecular formula is C13H20N2OS. The molecule has 4 heteroatoms. The number of likely N-dealkylation sites (tertiary alicyclic amines) is 1. The van der Waals surface area contributed by atoms with Crippen LogP contribution in [0.3, 0.4) is 0 Å². The molecule has 1 aromatic rings. The Morgan fingerprint density at radius 1 is 1.29 bits per heavy atom. The first kappa shape index (κ1) is 11.7. The molecule has 3 heterocycles. The van der Waals surface area contributed by atoms with E-state index in [9.17, 15) is 0 Å². The molecule has 1 aromatic heterocycles. The van der Waals surface area contributed by atoms with Crippen LogP contribution in [0.25, 0.3) is 0 Å². The fourth-order valence-corrected chi connectivity index (χ4v) is 3.57. The number of morpholine rings is 1. The molecule has 0 aromatic carbocycles. The Kier molecular flexibility index (Phi) is 3.76. The second kappa shape index (κ2) is 5.48. The maximum atomic E-state index is 5.42. The van der Waals surface area contributed by atoms with Crippen molar-refractivity contribution in [3.63, 3.8) is 0 Å². The summed E-state index contributed by atoms with van der Waals surface area (Å²) in [5, 5.41) is 2.17. The molecule has 3 rings (SSSR count). The minimum Gasteiger partial charge on any atom is -0.379 e. The van der Waals surface area contributed by atoms with Gasteiger partial charge in [-0.3, -0.25) is 9.80 Å². The van der Waals surface area contributed by atoms with Crippen molar-refractivity contribution in [2.75, 3.05) is 39.4 Å².